The number of nitrogens with zero attached hydrogens (tertiary/aromatic N) is 2. The van der Waals surface area contributed by atoms with Gasteiger partial charge in [-0.3, -0.25) is 29.4 Å². The molecule has 0 saturated carbocycles. The van der Waals surface area contributed by atoms with Crippen LogP contribution in [0.5, 0.6) is 0 Å². The lowest BCUT2D eigenvalue weighted by molar-refractivity contribution is -0.147. The van der Waals surface area contributed by atoms with Crippen molar-refractivity contribution >= 4 is 39.6 Å². The van der Waals surface area contributed by atoms with Crippen molar-refractivity contribution in [2.75, 3.05) is 0 Å². The molecule has 7 nitrogen and oxygen atoms in total. The Morgan fingerprint density at radius 1 is 1.19 bits per heavy atom. The summed E-state index contributed by atoms with van der Waals surface area (Å²) in [5.41, 5.74) is -1.66. The minimum absolute atomic E-state index is 0.0878. The van der Waals surface area contributed by atoms with E-state index in [0.717, 1.165) is 4.90 Å². The Hall–Kier alpha value is -2.81. The van der Waals surface area contributed by atoms with E-state index >= 15 is 0 Å². The van der Waals surface area contributed by atoms with E-state index in [0.29, 0.717) is 4.47 Å². The van der Waals surface area contributed by atoms with Gasteiger partial charge in [-0.2, -0.15) is 0 Å². The summed E-state index contributed by atoms with van der Waals surface area (Å²) in [7, 11) is 0. The number of halogens is 2. The maximum absolute atomic E-state index is 14.1. The molecule has 0 unspecified atom stereocenters. The highest BCUT2D eigenvalue weighted by molar-refractivity contribution is 9.10. The van der Waals surface area contributed by atoms with Gasteiger partial charge in [0.1, 0.15) is 11.5 Å². The molecule has 2 aliphatic heterocycles. The number of amides is 4. The second-order valence-electron chi connectivity index (χ2n) is 6.11. The summed E-state index contributed by atoms with van der Waals surface area (Å²) >= 11 is 3.22. The number of fused-ring (bicyclic) bond motifs is 2. The van der Waals surface area contributed by atoms with E-state index in [4.69, 9.17) is 0 Å². The van der Waals surface area contributed by atoms with Gasteiger partial charge in [-0.1, -0.05) is 15.9 Å². The molecule has 26 heavy (non-hydrogen) atoms. The molecule has 3 heterocycles. The predicted molar refractivity (Wildman–Crippen MR) is 89.2 cm³/mol. The fourth-order valence-corrected chi connectivity index (χ4v) is 3.79. The van der Waals surface area contributed by atoms with E-state index in [9.17, 15) is 23.6 Å². The van der Waals surface area contributed by atoms with E-state index in [1.54, 1.807) is 0 Å². The highest BCUT2D eigenvalue weighted by Gasteiger charge is 2.60. The molecule has 4 amide bonds. The Balaban J connectivity index is 1.84. The van der Waals surface area contributed by atoms with Gasteiger partial charge in [0.15, 0.2) is 0 Å². The molecular weight excluding hydrogens is 409 g/mol. The fraction of sp³-hybridized carbons (Fsp3) is 0.176. The van der Waals surface area contributed by atoms with Crippen molar-refractivity contribution in [1.29, 1.82) is 0 Å². The Morgan fingerprint density at radius 2 is 1.96 bits per heavy atom. The summed E-state index contributed by atoms with van der Waals surface area (Å²) in [5, 5.41) is 2.12. The third-order valence-corrected chi connectivity index (χ3v) is 5.10. The van der Waals surface area contributed by atoms with Gasteiger partial charge in [0, 0.05) is 16.2 Å². The monoisotopic (exact) mass is 419 g/mol. The average Bonchev–Trinajstić information content (AvgIpc) is 3.18. The Labute approximate surface area is 154 Å². The molecule has 1 N–H and O–H groups in total. The summed E-state index contributed by atoms with van der Waals surface area (Å²) in [6, 6.07) is 7.13. The number of carbonyl (C=O) groups is 4. The molecular formula is C17H11BrFN3O4. The molecule has 9 heteroatoms. The van der Waals surface area contributed by atoms with Gasteiger partial charge in [-0.05, 0) is 30.3 Å². The van der Waals surface area contributed by atoms with Crippen LogP contribution >= 0.6 is 15.9 Å². The molecule has 2 aromatic rings. The molecule has 1 aromatic carbocycles. The Bertz CT molecular complexity index is 1000. The zero-order valence-corrected chi connectivity index (χ0v) is 14.7. The van der Waals surface area contributed by atoms with Crippen LogP contribution in [0.25, 0.3) is 0 Å². The molecule has 1 saturated heterocycles. The summed E-state index contributed by atoms with van der Waals surface area (Å²) in [5.74, 6) is -3.50. The van der Waals surface area contributed by atoms with Crippen LogP contribution < -0.4 is 5.32 Å². The zero-order chi connectivity index (χ0) is 18.6. The second kappa shape index (κ2) is 5.60. The first-order valence-corrected chi connectivity index (χ1v) is 8.46. The van der Waals surface area contributed by atoms with Gasteiger partial charge in [0.05, 0.1) is 13.0 Å². The van der Waals surface area contributed by atoms with Crippen molar-refractivity contribution in [3.8, 4) is 0 Å². The average molecular weight is 420 g/mol. The Kier molecular flexibility index (Phi) is 3.58. The van der Waals surface area contributed by atoms with E-state index in [1.807, 2.05) is 0 Å². The van der Waals surface area contributed by atoms with Crippen LogP contribution in [0.15, 0.2) is 41.0 Å². The second-order valence-corrected chi connectivity index (χ2v) is 7.03. The van der Waals surface area contributed by atoms with Gasteiger partial charge in [0.25, 0.3) is 17.7 Å². The van der Waals surface area contributed by atoms with Gasteiger partial charge >= 0.3 is 0 Å². The van der Waals surface area contributed by atoms with Crippen LogP contribution in [-0.4, -0.2) is 33.1 Å². The number of rotatable bonds is 2. The maximum Gasteiger partial charge on any atom is 0.277 e. The molecule has 0 radical (unpaired) electrons. The van der Waals surface area contributed by atoms with Gasteiger partial charge in [-0.25, -0.2) is 4.39 Å². The predicted octanol–water partition coefficient (Wildman–Crippen LogP) is 1.31. The van der Waals surface area contributed by atoms with Crippen LogP contribution in [-0.2, 0) is 26.5 Å². The largest absolute Gasteiger partial charge is 0.320 e. The number of imide groups is 2. The summed E-state index contributed by atoms with van der Waals surface area (Å²) in [6.45, 7) is -0.350. The van der Waals surface area contributed by atoms with Crippen molar-refractivity contribution in [3.63, 3.8) is 0 Å². The quantitative estimate of drug-likeness (QED) is 0.587. The summed E-state index contributed by atoms with van der Waals surface area (Å²) in [6.07, 6.45) is 1.01. The van der Waals surface area contributed by atoms with E-state index in [1.165, 1.54) is 41.1 Å². The lowest BCUT2D eigenvalue weighted by Gasteiger charge is -2.37. The zero-order valence-electron chi connectivity index (χ0n) is 13.2. The minimum atomic E-state index is -1.85. The highest BCUT2D eigenvalue weighted by Crippen LogP contribution is 2.36. The van der Waals surface area contributed by atoms with Gasteiger partial charge < -0.3 is 4.57 Å². The fourth-order valence-electron chi connectivity index (χ4n) is 3.38. The number of carbonyl (C=O) groups excluding carboxylic acids is 4. The van der Waals surface area contributed by atoms with Crippen LogP contribution in [0.1, 0.15) is 22.5 Å². The first-order chi connectivity index (χ1) is 12.3. The van der Waals surface area contributed by atoms with Crippen LogP contribution in [0.3, 0.4) is 0 Å². The molecule has 4 rings (SSSR count). The molecule has 0 aliphatic carbocycles. The minimum Gasteiger partial charge on any atom is -0.320 e. The first-order valence-electron chi connectivity index (χ1n) is 7.67. The van der Waals surface area contributed by atoms with Crippen LogP contribution in [0.2, 0.25) is 0 Å². The molecule has 1 aromatic heterocycles. The number of benzene rings is 1. The third-order valence-electron chi connectivity index (χ3n) is 4.60. The third kappa shape index (κ3) is 2.16. The molecule has 132 valence electrons. The lowest BCUT2D eigenvalue weighted by atomic mass is 9.91. The SMILES string of the molecule is O=C1C[C@@]2(C(=O)N1)C(=O)N(Cc1cc(Br)ccc1F)C(=O)c1cccn12. The van der Waals surface area contributed by atoms with E-state index in [2.05, 4.69) is 21.2 Å². The number of nitrogens with one attached hydrogen (secondary N) is 1. The van der Waals surface area contributed by atoms with Crippen molar-refractivity contribution < 1.29 is 23.6 Å². The van der Waals surface area contributed by atoms with Crippen molar-refractivity contribution in [3.05, 3.63) is 58.1 Å². The van der Waals surface area contributed by atoms with Crippen LogP contribution in [0, 0.1) is 5.82 Å². The Morgan fingerprint density at radius 3 is 2.65 bits per heavy atom. The smallest absolute Gasteiger partial charge is 0.277 e. The molecule has 0 bridgehead atoms. The summed E-state index contributed by atoms with van der Waals surface area (Å²) < 4.78 is 15.9. The molecule has 1 spiro atoms. The van der Waals surface area contributed by atoms with Gasteiger partial charge in [0.2, 0.25) is 11.4 Å². The summed E-state index contributed by atoms with van der Waals surface area (Å²) in [4.78, 5) is 50.9. The topological polar surface area (TPSA) is 88.5 Å². The lowest BCUT2D eigenvalue weighted by Crippen LogP contribution is -2.60. The van der Waals surface area contributed by atoms with Crippen LogP contribution in [0.4, 0.5) is 4.39 Å². The number of hydrogen-bond acceptors (Lipinski definition) is 4. The number of hydrogen-bond donors (Lipinski definition) is 1. The first kappa shape index (κ1) is 16.6. The van der Waals surface area contributed by atoms with E-state index in [-0.39, 0.29) is 17.8 Å². The number of aromatic nitrogens is 1. The molecule has 1 atom stereocenters. The van der Waals surface area contributed by atoms with Gasteiger partial charge in [-0.15, -0.1) is 0 Å². The highest BCUT2D eigenvalue weighted by atomic mass is 79.9. The van der Waals surface area contributed by atoms with Crippen molar-refractivity contribution in [2.45, 2.75) is 18.5 Å². The van der Waals surface area contributed by atoms with Crippen molar-refractivity contribution in [1.82, 2.24) is 14.8 Å². The van der Waals surface area contributed by atoms with E-state index < -0.39 is 41.4 Å². The van der Waals surface area contributed by atoms with Crippen molar-refractivity contribution in [2.24, 2.45) is 0 Å². The standard InChI is InChI=1S/C17H11BrFN3O4/c18-10-3-4-11(19)9(6-10)8-21-14(24)12-2-1-5-22(12)17(16(21)26)7-13(23)20-15(17)25/h1-6H,7-8H2,(H,20,23,25)/t17-/m1/s1. The molecule has 1 fully saturated rings. The normalized spacial score (nSPS) is 22.2. The maximum atomic E-state index is 14.1. The molecule has 2 aliphatic rings.